The van der Waals surface area contributed by atoms with Gasteiger partial charge < -0.3 is 14.8 Å². The Labute approximate surface area is 185 Å². The van der Waals surface area contributed by atoms with Crippen LogP contribution >= 0.6 is 0 Å². The number of anilines is 1. The van der Waals surface area contributed by atoms with E-state index in [0.717, 1.165) is 59.6 Å². The third-order valence-electron chi connectivity index (χ3n) is 7.03. The predicted molar refractivity (Wildman–Crippen MR) is 122 cm³/mol. The molecule has 1 spiro atoms. The summed E-state index contributed by atoms with van der Waals surface area (Å²) in [6.45, 7) is 1.67. The summed E-state index contributed by atoms with van der Waals surface area (Å²) >= 11 is 0. The van der Waals surface area contributed by atoms with E-state index in [-0.39, 0.29) is 11.3 Å². The zero-order valence-electron chi connectivity index (χ0n) is 18.2. The van der Waals surface area contributed by atoms with Crippen LogP contribution in [0.25, 0.3) is 22.3 Å². The van der Waals surface area contributed by atoms with Crippen LogP contribution in [-0.4, -0.2) is 61.7 Å². The van der Waals surface area contributed by atoms with Crippen LogP contribution in [0.3, 0.4) is 0 Å². The fourth-order valence-electron chi connectivity index (χ4n) is 5.23. The average Bonchev–Trinajstić information content (AvgIpc) is 3.40. The molecule has 0 atom stereocenters. The molecular weight excluding hydrogens is 402 g/mol. The summed E-state index contributed by atoms with van der Waals surface area (Å²) in [5.74, 6) is 1.08. The predicted octanol–water partition coefficient (Wildman–Crippen LogP) is 3.10. The highest BCUT2D eigenvalue weighted by molar-refractivity contribution is 5.95. The minimum atomic E-state index is 0.116. The highest BCUT2D eigenvalue weighted by Crippen LogP contribution is 2.51. The van der Waals surface area contributed by atoms with Crippen LogP contribution in [0.4, 0.5) is 5.82 Å². The van der Waals surface area contributed by atoms with E-state index in [4.69, 9.17) is 0 Å². The highest BCUT2D eigenvalue weighted by Gasteiger charge is 2.54. The number of aromatic amines is 1. The SMILES string of the molecule is CN(c1ncnc2[nH]ccc12)C1CC2(C1)CN(C(=O)c1ccc(-c3ccn(C)n3)cc1)C2. The van der Waals surface area contributed by atoms with Gasteiger partial charge in [-0.15, -0.1) is 0 Å². The van der Waals surface area contributed by atoms with Gasteiger partial charge in [0.05, 0.1) is 11.1 Å². The molecule has 8 heteroatoms. The van der Waals surface area contributed by atoms with Crippen LogP contribution < -0.4 is 4.90 Å². The van der Waals surface area contributed by atoms with Gasteiger partial charge in [0.15, 0.2) is 0 Å². The van der Waals surface area contributed by atoms with Gasteiger partial charge in [-0.05, 0) is 37.1 Å². The number of rotatable bonds is 4. The van der Waals surface area contributed by atoms with Crippen LogP contribution in [0.2, 0.25) is 0 Å². The first kappa shape index (κ1) is 19.0. The number of H-pyrrole nitrogens is 1. The molecule has 4 aromatic rings. The quantitative estimate of drug-likeness (QED) is 0.541. The Morgan fingerprint density at radius 3 is 2.62 bits per heavy atom. The Balaban J connectivity index is 1.07. The molecule has 0 radical (unpaired) electrons. The van der Waals surface area contributed by atoms with Gasteiger partial charge >= 0.3 is 0 Å². The van der Waals surface area contributed by atoms with Crippen LogP contribution in [0, 0.1) is 5.41 Å². The molecular formula is C24H25N7O. The van der Waals surface area contributed by atoms with Crippen molar-refractivity contribution < 1.29 is 4.79 Å². The van der Waals surface area contributed by atoms with Crippen LogP contribution in [-0.2, 0) is 7.05 Å². The number of aryl methyl sites for hydroxylation is 1. The lowest BCUT2D eigenvalue weighted by molar-refractivity contribution is -0.0541. The molecule has 1 aromatic carbocycles. The summed E-state index contributed by atoms with van der Waals surface area (Å²) in [5, 5.41) is 5.47. The zero-order chi connectivity index (χ0) is 21.9. The van der Waals surface area contributed by atoms with Gasteiger partial charge in [0.2, 0.25) is 0 Å². The highest BCUT2D eigenvalue weighted by atomic mass is 16.2. The van der Waals surface area contributed by atoms with Gasteiger partial charge in [0.1, 0.15) is 17.8 Å². The van der Waals surface area contributed by atoms with E-state index in [1.54, 1.807) is 11.0 Å². The number of likely N-dealkylation sites (tertiary alicyclic amines) is 1. The summed E-state index contributed by atoms with van der Waals surface area (Å²) in [6.07, 6.45) is 7.60. The maximum Gasteiger partial charge on any atom is 0.253 e. The summed E-state index contributed by atoms with van der Waals surface area (Å²) in [7, 11) is 4.01. The molecule has 1 saturated heterocycles. The monoisotopic (exact) mass is 427 g/mol. The Hall–Kier alpha value is -3.68. The van der Waals surface area contributed by atoms with Crippen LogP contribution in [0.15, 0.2) is 55.1 Å². The second kappa shape index (κ2) is 6.91. The minimum absolute atomic E-state index is 0.116. The van der Waals surface area contributed by atoms with Gasteiger partial charge in [-0.2, -0.15) is 5.10 Å². The largest absolute Gasteiger partial charge is 0.356 e. The molecule has 6 rings (SSSR count). The van der Waals surface area contributed by atoms with Crippen molar-refractivity contribution in [3.63, 3.8) is 0 Å². The first-order valence-corrected chi connectivity index (χ1v) is 10.9. The van der Waals surface area contributed by atoms with Crippen LogP contribution in [0.5, 0.6) is 0 Å². The number of nitrogens with zero attached hydrogens (tertiary/aromatic N) is 6. The van der Waals surface area contributed by atoms with Crippen molar-refractivity contribution in [2.75, 3.05) is 25.0 Å². The molecule has 1 aliphatic heterocycles. The van der Waals surface area contributed by atoms with E-state index >= 15 is 0 Å². The zero-order valence-corrected chi connectivity index (χ0v) is 18.2. The lowest BCUT2D eigenvalue weighted by atomic mass is 9.60. The number of aromatic nitrogens is 5. The van der Waals surface area contributed by atoms with Crippen molar-refractivity contribution in [2.24, 2.45) is 12.5 Å². The number of hydrogen-bond donors (Lipinski definition) is 1. The van der Waals surface area contributed by atoms with Crippen molar-refractivity contribution in [3.05, 3.63) is 60.7 Å². The van der Waals surface area contributed by atoms with Gasteiger partial charge in [-0.1, -0.05) is 12.1 Å². The van der Waals surface area contributed by atoms with E-state index in [1.807, 2.05) is 60.7 Å². The van der Waals surface area contributed by atoms with E-state index < -0.39 is 0 Å². The number of benzene rings is 1. The number of amides is 1. The molecule has 32 heavy (non-hydrogen) atoms. The van der Waals surface area contributed by atoms with E-state index in [0.29, 0.717) is 6.04 Å². The topological polar surface area (TPSA) is 82.9 Å². The fourth-order valence-corrected chi connectivity index (χ4v) is 5.23. The smallest absolute Gasteiger partial charge is 0.253 e. The normalized spacial score (nSPS) is 17.4. The maximum atomic E-state index is 12.9. The minimum Gasteiger partial charge on any atom is -0.356 e. The third kappa shape index (κ3) is 2.97. The number of hydrogen-bond acceptors (Lipinski definition) is 5. The molecule has 0 unspecified atom stereocenters. The molecule has 0 bridgehead atoms. The molecule has 4 heterocycles. The Morgan fingerprint density at radius 2 is 1.91 bits per heavy atom. The van der Waals surface area contributed by atoms with Gasteiger partial charge in [-0.25, -0.2) is 9.97 Å². The second-order valence-corrected chi connectivity index (χ2v) is 9.22. The van der Waals surface area contributed by atoms with Crippen molar-refractivity contribution in [1.29, 1.82) is 0 Å². The van der Waals surface area contributed by atoms with Crippen molar-refractivity contribution in [1.82, 2.24) is 29.6 Å². The molecule has 162 valence electrons. The molecule has 1 amide bonds. The van der Waals surface area contributed by atoms with Crippen molar-refractivity contribution in [2.45, 2.75) is 18.9 Å². The second-order valence-electron chi connectivity index (χ2n) is 9.22. The van der Waals surface area contributed by atoms with Gasteiger partial charge in [0.25, 0.3) is 5.91 Å². The molecule has 1 saturated carbocycles. The molecule has 8 nitrogen and oxygen atoms in total. The lowest BCUT2D eigenvalue weighted by Gasteiger charge is -2.60. The first-order chi connectivity index (χ1) is 15.5. The summed E-state index contributed by atoms with van der Waals surface area (Å²) in [5.41, 5.74) is 3.80. The lowest BCUT2D eigenvalue weighted by Crippen LogP contribution is -2.67. The first-order valence-electron chi connectivity index (χ1n) is 10.9. The summed E-state index contributed by atoms with van der Waals surface area (Å²) < 4.78 is 1.78. The maximum absolute atomic E-state index is 12.9. The van der Waals surface area contributed by atoms with Crippen LogP contribution in [0.1, 0.15) is 23.2 Å². The van der Waals surface area contributed by atoms with Gasteiger partial charge in [-0.3, -0.25) is 9.48 Å². The number of fused-ring (bicyclic) bond motifs is 1. The summed E-state index contributed by atoms with van der Waals surface area (Å²) in [4.78, 5) is 29.1. The third-order valence-corrected chi connectivity index (χ3v) is 7.03. The average molecular weight is 428 g/mol. The molecule has 1 aliphatic carbocycles. The Morgan fingerprint density at radius 1 is 1.12 bits per heavy atom. The van der Waals surface area contributed by atoms with Gasteiger partial charge in [0, 0.05) is 62.2 Å². The number of nitrogens with one attached hydrogen (secondary N) is 1. The Bertz CT molecular complexity index is 1290. The number of carbonyl (C=O) groups excluding carboxylic acids is 1. The van der Waals surface area contributed by atoms with Crippen molar-refractivity contribution in [3.8, 4) is 11.3 Å². The standard InChI is InChI=1S/C24H25N7O/c1-29-10-8-20(28-29)16-3-5-17(6-4-16)23(32)31-13-24(14-31)11-18(12-24)30(2)22-19-7-9-25-21(19)26-15-27-22/h3-10,15,18H,11-14H2,1-2H3,(H,25,26,27). The van der Waals surface area contributed by atoms with E-state index in [1.165, 1.54) is 0 Å². The fraction of sp³-hybridized carbons (Fsp3) is 0.333. The Kier molecular flexibility index (Phi) is 4.11. The molecule has 1 N–H and O–H groups in total. The van der Waals surface area contributed by atoms with E-state index in [2.05, 4.69) is 32.0 Å². The van der Waals surface area contributed by atoms with E-state index in [9.17, 15) is 4.79 Å². The molecule has 3 aromatic heterocycles. The molecule has 2 fully saturated rings. The van der Waals surface area contributed by atoms with Crippen molar-refractivity contribution >= 4 is 22.8 Å². The summed E-state index contributed by atoms with van der Waals surface area (Å²) in [6, 6.07) is 12.2. The molecule has 2 aliphatic rings. The number of carbonyl (C=O) groups is 1.